The maximum absolute atomic E-state index is 13.1. The molecule has 0 radical (unpaired) electrons. The van der Waals surface area contributed by atoms with Gasteiger partial charge in [0.25, 0.3) is 0 Å². The molecule has 0 bridgehead atoms. The number of aromatic nitrogens is 2. The van der Waals surface area contributed by atoms with Crippen LogP contribution in [-0.2, 0) is 0 Å². The second-order valence-electron chi connectivity index (χ2n) is 5.67. The predicted octanol–water partition coefficient (Wildman–Crippen LogP) is 5.72. The van der Waals surface area contributed by atoms with Crippen molar-refractivity contribution in [2.24, 2.45) is 0 Å². The van der Waals surface area contributed by atoms with Crippen LogP contribution in [0.1, 0.15) is 28.8 Å². The first kappa shape index (κ1) is 17.5. The Labute approximate surface area is 156 Å². The molecule has 1 unspecified atom stereocenters. The number of hydrogen-bond donors (Lipinski definition) is 0. The second-order valence-corrected chi connectivity index (χ2v) is 6.52. The minimum atomic E-state index is -0.178. The van der Waals surface area contributed by atoms with E-state index in [1.54, 1.807) is 41.5 Å². The molecule has 3 aromatic rings. The van der Waals surface area contributed by atoms with Crippen molar-refractivity contribution in [3.63, 3.8) is 0 Å². The molecule has 5 heteroatoms. The summed E-state index contributed by atoms with van der Waals surface area (Å²) >= 11 is 12.2. The molecule has 3 nitrogen and oxygen atoms in total. The van der Waals surface area contributed by atoms with Gasteiger partial charge in [0.05, 0.1) is 17.0 Å². The molecule has 0 aliphatic heterocycles. The highest BCUT2D eigenvalue weighted by Gasteiger charge is 2.18. The largest absolute Gasteiger partial charge is 0.303 e. The third-order valence-corrected chi connectivity index (χ3v) is 4.47. The van der Waals surface area contributed by atoms with Crippen LogP contribution in [0.4, 0.5) is 0 Å². The van der Waals surface area contributed by atoms with Gasteiger partial charge in [-0.15, -0.1) is 0 Å². The zero-order chi connectivity index (χ0) is 17.8. The van der Waals surface area contributed by atoms with E-state index in [0.717, 1.165) is 5.56 Å². The molecule has 0 N–H and O–H groups in total. The summed E-state index contributed by atoms with van der Waals surface area (Å²) < 4.78 is 1.70. The number of carbonyl (C=O) groups is 1. The number of allylic oxidation sites excluding steroid dienone is 2. The number of carbonyl (C=O) groups excluding carboxylic acids is 1. The van der Waals surface area contributed by atoms with Crippen LogP contribution in [-0.4, -0.2) is 15.3 Å². The first-order valence-electron chi connectivity index (χ1n) is 7.81. The number of hydrogen-bond acceptors (Lipinski definition) is 2. The van der Waals surface area contributed by atoms with Crippen molar-refractivity contribution in [2.75, 3.05) is 0 Å². The lowest BCUT2D eigenvalue weighted by Crippen LogP contribution is -2.10. The Morgan fingerprint density at radius 1 is 1.16 bits per heavy atom. The maximum Gasteiger partial charge on any atom is 0.210 e. The van der Waals surface area contributed by atoms with Gasteiger partial charge in [-0.2, -0.15) is 0 Å². The molecular formula is C20H16Cl2N2O. The Morgan fingerprint density at radius 2 is 1.92 bits per heavy atom. The van der Waals surface area contributed by atoms with Gasteiger partial charge in [-0.3, -0.25) is 4.79 Å². The zero-order valence-electron chi connectivity index (χ0n) is 13.6. The molecule has 0 spiro atoms. The average Bonchev–Trinajstić information content (AvgIpc) is 3.14. The topological polar surface area (TPSA) is 34.9 Å². The fraction of sp³-hybridized carbons (Fsp3) is 0.100. The monoisotopic (exact) mass is 370 g/mol. The summed E-state index contributed by atoms with van der Waals surface area (Å²) in [5.74, 6) is -0.129. The highest BCUT2D eigenvalue weighted by Crippen LogP contribution is 2.27. The summed E-state index contributed by atoms with van der Waals surface area (Å²) in [5, 5.41) is 0.822. The van der Waals surface area contributed by atoms with Gasteiger partial charge in [0.15, 0.2) is 0 Å². The van der Waals surface area contributed by atoms with Crippen LogP contribution in [0.15, 0.2) is 73.3 Å². The van der Waals surface area contributed by atoms with E-state index in [1.165, 1.54) is 0 Å². The van der Waals surface area contributed by atoms with Crippen molar-refractivity contribution in [2.45, 2.75) is 12.8 Å². The number of ketones is 1. The van der Waals surface area contributed by atoms with Gasteiger partial charge in [-0.05, 0) is 29.8 Å². The molecule has 0 fully saturated rings. The number of Topliss-reactive ketones (excluding diaryl/α,β-unsaturated/α-hetero) is 1. The van der Waals surface area contributed by atoms with Gasteiger partial charge < -0.3 is 4.57 Å². The molecule has 3 rings (SSSR count). The van der Waals surface area contributed by atoms with E-state index in [0.29, 0.717) is 21.3 Å². The first-order chi connectivity index (χ1) is 12.1. The highest BCUT2D eigenvalue weighted by atomic mass is 35.5. The highest BCUT2D eigenvalue weighted by molar-refractivity contribution is 6.39. The number of rotatable bonds is 5. The Hall–Kier alpha value is -2.36. The van der Waals surface area contributed by atoms with Gasteiger partial charge in [0.1, 0.15) is 0 Å². The van der Waals surface area contributed by atoms with Gasteiger partial charge >= 0.3 is 0 Å². The van der Waals surface area contributed by atoms with E-state index >= 15 is 0 Å². The van der Waals surface area contributed by atoms with E-state index in [-0.39, 0.29) is 11.7 Å². The Balaban J connectivity index is 2.04. The molecule has 1 aromatic heterocycles. The average molecular weight is 371 g/mol. The standard InChI is InChI=1S/C20H16Cl2N2O/c1-14(15-5-3-2-4-6-15)11-19(24-10-9-23-13-24)20(25)17-8-7-16(21)12-18(17)22/h2-14H,1H3/b19-11-. The maximum atomic E-state index is 13.1. The fourth-order valence-electron chi connectivity index (χ4n) is 2.58. The molecular weight excluding hydrogens is 355 g/mol. The van der Waals surface area contributed by atoms with Crippen molar-refractivity contribution in [1.29, 1.82) is 0 Å². The van der Waals surface area contributed by atoms with Crippen molar-refractivity contribution in [1.82, 2.24) is 9.55 Å². The summed E-state index contributed by atoms with van der Waals surface area (Å²) in [4.78, 5) is 17.1. The van der Waals surface area contributed by atoms with Crippen molar-refractivity contribution < 1.29 is 4.79 Å². The van der Waals surface area contributed by atoms with Crippen LogP contribution in [0.25, 0.3) is 5.70 Å². The summed E-state index contributed by atoms with van der Waals surface area (Å²) in [5.41, 5.74) is 2.03. The third kappa shape index (κ3) is 4.01. The Kier molecular flexibility index (Phi) is 5.37. The Bertz CT molecular complexity index is 903. The van der Waals surface area contributed by atoms with Crippen LogP contribution in [0.2, 0.25) is 10.0 Å². The van der Waals surface area contributed by atoms with Crippen molar-refractivity contribution in [3.8, 4) is 0 Å². The first-order valence-corrected chi connectivity index (χ1v) is 8.56. The molecule has 1 atom stereocenters. The normalized spacial score (nSPS) is 12.8. The summed E-state index contributed by atoms with van der Waals surface area (Å²) in [7, 11) is 0. The summed E-state index contributed by atoms with van der Waals surface area (Å²) in [6.45, 7) is 2.04. The van der Waals surface area contributed by atoms with E-state index in [4.69, 9.17) is 23.2 Å². The lowest BCUT2D eigenvalue weighted by Gasteiger charge is -2.13. The zero-order valence-corrected chi connectivity index (χ0v) is 15.1. The van der Waals surface area contributed by atoms with Crippen LogP contribution in [0.3, 0.4) is 0 Å². The lowest BCUT2D eigenvalue weighted by molar-refractivity contribution is 0.105. The number of benzene rings is 2. The van der Waals surface area contributed by atoms with Crippen molar-refractivity contribution in [3.05, 3.63) is 94.5 Å². The van der Waals surface area contributed by atoms with E-state index in [2.05, 4.69) is 4.98 Å². The number of halogens is 2. The molecule has 0 aliphatic rings. The minimum absolute atomic E-state index is 0.0497. The molecule has 1 heterocycles. The Morgan fingerprint density at radius 3 is 2.56 bits per heavy atom. The van der Waals surface area contributed by atoms with Crippen LogP contribution < -0.4 is 0 Å². The second kappa shape index (κ2) is 7.68. The molecule has 0 saturated heterocycles. The third-order valence-electron chi connectivity index (χ3n) is 3.92. The number of nitrogens with zero attached hydrogens (tertiary/aromatic N) is 2. The molecule has 126 valence electrons. The smallest absolute Gasteiger partial charge is 0.210 e. The summed E-state index contributed by atoms with van der Waals surface area (Å²) in [6, 6.07) is 14.9. The van der Waals surface area contributed by atoms with Gasteiger partial charge in [0.2, 0.25) is 5.78 Å². The van der Waals surface area contributed by atoms with Crippen LogP contribution >= 0.6 is 23.2 Å². The molecule has 25 heavy (non-hydrogen) atoms. The minimum Gasteiger partial charge on any atom is -0.303 e. The van der Waals surface area contributed by atoms with Gasteiger partial charge in [0, 0.05) is 28.9 Å². The molecule has 0 aliphatic carbocycles. The van der Waals surface area contributed by atoms with Gasteiger partial charge in [-0.25, -0.2) is 4.98 Å². The molecule has 2 aromatic carbocycles. The van der Waals surface area contributed by atoms with Crippen molar-refractivity contribution >= 4 is 34.7 Å². The lowest BCUT2D eigenvalue weighted by atomic mass is 9.97. The predicted molar refractivity (Wildman–Crippen MR) is 102 cm³/mol. The van der Waals surface area contributed by atoms with Gasteiger partial charge in [-0.1, -0.05) is 60.5 Å². The molecule has 0 saturated carbocycles. The summed E-state index contributed by atoms with van der Waals surface area (Å²) in [6.07, 6.45) is 6.90. The van der Waals surface area contributed by atoms with Crippen LogP contribution in [0, 0.1) is 0 Å². The number of imidazole rings is 1. The quantitative estimate of drug-likeness (QED) is 0.425. The SMILES string of the molecule is CC(/C=C(/C(=O)c1ccc(Cl)cc1Cl)n1ccnc1)c1ccccc1. The van der Waals surface area contributed by atoms with E-state index in [1.807, 2.05) is 43.3 Å². The van der Waals surface area contributed by atoms with Crippen LogP contribution in [0.5, 0.6) is 0 Å². The van der Waals surface area contributed by atoms with E-state index < -0.39 is 0 Å². The van der Waals surface area contributed by atoms with E-state index in [9.17, 15) is 4.79 Å². The molecule has 0 amide bonds. The fourth-order valence-corrected chi connectivity index (χ4v) is 3.08.